The van der Waals surface area contributed by atoms with Gasteiger partial charge in [-0.25, -0.2) is 4.79 Å². The van der Waals surface area contributed by atoms with Crippen molar-refractivity contribution in [3.8, 4) is 11.5 Å². The molecule has 0 aromatic heterocycles. The fraction of sp³-hybridized carbons (Fsp3) is 0.696. The zero-order chi connectivity index (χ0) is 19.4. The Hall–Kier alpha value is -1.71. The molecule has 1 heterocycles. The molecular weight excluding hydrogens is 340 g/mol. The van der Waals surface area contributed by atoms with Crippen LogP contribution in [0.3, 0.4) is 0 Å². The van der Waals surface area contributed by atoms with Crippen molar-refractivity contribution in [1.82, 2.24) is 0 Å². The fourth-order valence-electron chi connectivity index (χ4n) is 4.41. The number of hydrogen-bond donors (Lipinski definition) is 0. The average molecular weight is 375 g/mol. The second-order valence-corrected chi connectivity index (χ2v) is 8.51. The first-order chi connectivity index (χ1) is 13.0. The van der Waals surface area contributed by atoms with Crippen LogP contribution in [0.4, 0.5) is 0 Å². The summed E-state index contributed by atoms with van der Waals surface area (Å²) in [6.07, 6.45) is 8.43. The lowest BCUT2D eigenvalue weighted by Crippen LogP contribution is -2.22. The average Bonchev–Trinajstić information content (AvgIpc) is 3.03. The zero-order valence-electron chi connectivity index (χ0n) is 17.3. The van der Waals surface area contributed by atoms with Gasteiger partial charge in [-0.15, -0.1) is 0 Å². The molecule has 1 fully saturated rings. The van der Waals surface area contributed by atoms with E-state index in [1.807, 2.05) is 6.92 Å². The molecule has 4 heteroatoms. The van der Waals surface area contributed by atoms with Gasteiger partial charge >= 0.3 is 5.97 Å². The van der Waals surface area contributed by atoms with Crippen LogP contribution in [0.2, 0.25) is 0 Å². The molecule has 1 aliphatic heterocycles. The zero-order valence-corrected chi connectivity index (χ0v) is 17.3. The SMILES string of the molecule is CCCCC(C)(C)c1cc(OCC(=O)OCC)c2c(c1)OC1CCCCC21. The number of ether oxygens (including phenoxy) is 3. The highest BCUT2D eigenvalue weighted by atomic mass is 16.6. The molecule has 0 N–H and O–H groups in total. The van der Waals surface area contributed by atoms with Gasteiger partial charge in [0.1, 0.15) is 17.6 Å². The Morgan fingerprint density at radius 1 is 1.22 bits per heavy atom. The number of esters is 1. The van der Waals surface area contributed by atoms with Gasteiger partial charge in [0.2, 0.25) is 0 Å². The topological polar surface area (TPSA) is 44.8 Å². The molecule has 0 saturated heterocycles. The van der Waals surface area contributed by atoms with Crippen LogP contribution in [0.5, 0.6) is 11.5 Å². The first kappa shape index (κ1) is 20.0. The molecule has 1 aromatic carbocycles. The van der Waals surface area contributed by atoms with Crippen molar-refractivity contribution >= 4 is 5.97 Å². The minimum Gasteiger partial charge on any atom is -0.489 e. The molecule has 27 heavy (non-hydrogen) atoms. The third kappa shape index (κ3) is 4.41. The Morgan fingerprint density at radius 3 is 2.74 bits per heavy atom. The van der Waals surface area contributed by atoms with E-state index in [4.69, 9.17) is 14.2 Å². The van der Waals surface area contributed by atoms with Gasteiger partial charge in [-0.05, 0) is 55.7 Å². The lowest BCUT2D eigenvalue weighted by Gasteiger charge is -2.27. The largest absolute Gasteiger partial charge is 0.489 e. The van der Waals surface area contributed by atoms with Crippen LogP contribution in [0.1, 0.15) is 89.7 Å². The van der Waals surface area contributed by atoms with Crippen molar-refractivity contribution in [2.75, 3.05) is 13.2 Å². The van der Waals surface area contributed by atoms with Gasteiger partial charge in [-0.1, -0.05) is 40.0 Å². The van der Waals surface area contributed by atoms with Crippen LogP contribution in [-0.2, 0) is 14.9 Å². The van der Waals surface area contributed by atoms with Crippen LogP contribution in [0, 0.1) is 0 Å². The van der Waals surface area contributed by atoms with E-state index in [9.17, 15) is 4.79 Å². The maximum Gasteiger partial charge on any atom is 0.344 e. The van der Waals surface area contributed by atoms with E-state index in [1.54, 1.807) is 0 Å². The number of carbonyl (C=O) groups excluding carboxylic acids is 1. The van der Waals surface area contributed by atoms with Crippen molar-refractivity contribution in [3.63, 3.8) is 0 Å². The number of hydrogen-bond acceptors (Lipinski definition) is 4. The Balaban J connectivity index is 1.92. The molecule has 2 aliphatic rings. The first-order valence-corrected chi connectivity index (χ1v) is 10.6. The molecule has 1 aromatic rings. The molecule has 1 aliphatic carbocycles. The third-order valence-electron chi connectivity index (χ3n) is 6.04. The van der Waals surface area contributed by atoms with Crippen LogP contribution in [0.25, 0.3) is 0 Å². The Morgan fingerprint density at radius 2 is 2.00 bits per heavy atom. The van der Waals surface area contributed by atoms with Gasteiger partial charge in [0.25, 0.3) is 0 Å². The normalized spacial score (nSPS) is 21.2. The summed E-state index contributed by atoms with van der Waals surface area (Å²) in [5.74, 6) is 1.85. The van der Waals surface area contributed by atoms with Crippen molar-refractivity contribution in [3.05, 3.63) is 23.3 Å². The second kappa shape index (κ2) is 8.53. The minimum atomic E-state index is -0.319. The molecule has 0 bridgehead atoms. The van der Waals surface area contributed by atoms with E-state index in [1.165, 1.54) is 36.8 Å². The van der Waals surface area contributed by atoms with Gasteiger partial charge < -0.3 is 14.2 Å². The summed E-state index contributed by atoms with van der Waals surface area (Å²) >= 11 is 0. The standard InChI is InChI=1S/C23H34O4/c1-5-7-12-23(3,4)16-13-19(26-15-21(24)25-6-2)22-17-10-8-9-11-18(17)27-20(22)14-16/h13-14,17-18H,5-12,15H2,1-4H3. The third-order valence-corrected chi connectivity index (χ3v) is 6.04. The lowest BCUT2D eigenvalue weighted by atomic mass is 9.78. The summed E-state index contributed by atoms with van der Waals surface area (Å²) in [5, 5.41) is 0. The molecule has 3 rings (SSSR count). The molecule has 0 spiro atoms. The summed E-state index contributed by atoms with van der Waals surface area (Å²) in [6, 6.07) is 4.37. The number of unbranched alkanes of at least 4 members (excludes halogenated alkanes) is 1. The van der Waals surface area contributed by atoms with Gasteiger partial charge in [-0.2, -0.15) is 0 Å². The summed E-state index contributed by atoms with van der Waals surface area (Å²) in [6.45, 7) is 8.92. The molecule has 0 radical (unpaired) electrons. The van der Waals surface area contributed by atoms with Crippen LogP contribution < -0.4 is 9.47 Å². The quantitative estimate of drug-likeness (QED) is 0.562. The number of fused-ring (bicyclic) bond motifs is 3. The molecule has 4 nitrogen and oxygen atoms in total. The smallest absolute Gasteiger partial charge is 0.344 e. The Labute approximate surface area is 163 Å². The van der Waals surface area contributed by atoms with Crippen LogP contribution in [-0.4, -0.2) is 25.3 Å². The van der Waals surface area contributed by atoms with E-state index < -0.39 is 0 Å². The van der Waals surface area contributed by atoms with Crippen molar-refractivity contribution in [2.45, 2.75) is 90.1 Å². The fourth-order valence-corrected chi connectivity index (χ4v) is 4.41. The van der Waals surface area contributed by atoms with Crippen LogP contribution in [0.15, 0.2) is 12.1 Å². The summed E-state index contributed by atoms with van der Waals surface area (Å²) in [7, 11) is 0. The highest BCUT2D eigenvalue weighted by molar-refractivity contribution is 5.71. The maximum atomic E-state index is 11.8. The summed E-state index contributed by atoms with van der Waals surface area (Å²) in [5.41, 5.74) is 2.44. The van der Waals surface area contributed by atoms with Crippen molar-refractivity contribution in [2.24, 2.45) is 0 Å². The molecule has 2 unspecified atom stereocenters. The maximum absolute atomic E-state index is 11.8. The highest BCUT2D eigenvalue weighted by Gasteiger charge is 2.39. The van der Waals surface area contributed by atoms with Gasteiger partial charge in [0.15, 0.2) is 6.61 Å². The Bertz CT molecular complexity index is 665. The van der Waals surface area contributed by atoms with Crippen molar-refractivity contribution < 1.29 is 19.0 Å². The number of rotatable bonds is 8. The monoisotopic (exact) mass is 374 g/mol. The minimum absolute atomic E-state index is 0.0451. The van der Waals surface area contributed by atoms with E-state index in [0.29, 0.717) is 12.5 Å². The summed E-state index contributed by atoms with van der Waals surface area (Å²) < 4.78 is 17.4. The van der Waals surface area contributed by atoms with Crippen LogP contribution >= 0.6 is 0 Å². The van der Waals surface area contributed by atoms with E-state index in [2.05, 4.69) is 32.9 Å². The predicted octanol–water partition coefficient (Wildman–Crippen LogP) is 5.51. The van der Waals surface area contributed by atoms with Gasteiger partial charge in [-0.3, -0.25) is 0 Å². The summed E-state index contributed by atoms with van der Waals surface area (Å²) in [4.78, 5) is 11.8. The molecule has 1 saturated carbocycles. The highest BCUT2D eigenvalue weighted by Crippen LogP contribution is 2.51. The molecule has 0 amide bonds. The molecule has 2 atom stereocenters. The number of carbonyl (C=O) groups is 1. The lowest BCUT2D eigenvalue weighted by molar-refractivity contribution is -0.145. The first-order valence-electron chi connectivity index (χ1n) is 10.6. The van der Waals surface area contributed by atoms with E-state index >= 15 is 0 Å². The van der Waals surface area contributed by atoms with Crippen molar-refractivity contribution in [1.29, 1.82) is 0 Å². The van der Waals surface area contributed by atoms with Gasteiger partial charge in [0, 0.05) is 11.5 Å². The molecular formula is C23H34O4. The second-order valence-electron chi connectivity index (χ2n) is 8.51. The van der Waals surface area contributed by atoms with E-state index in [-0.39, 0.29) is 24.1 Å². The predicted molar refractivity (Wildman–Crippen MR) is 107 cm³/mol. The molecule has 150 valence electrons. The Kier molecular flexibility index (Phi) is 6.33. The number of benzene rings is 1. The van der Waals surface area contributed by atoms with E-state index in [0.717, 1.165) is 30.8 Å². The van der Waals surface area contributed by atoms with Gasteiger partial charge in [0.05, 0.1) is 6.61 Å².